The molecular weight excluding hydrogens is 168 g/mol. The molecule has 0 fully saturated rings. The van der Waals surface area contributed by atoms with Crippen LogP contribution in [0.3, 0.4) is 0 Å². The minimum absolute atomic E-state index is 0.335. The van der Waals surface area contributed by atoms with E-state index in [0.29, 0.717) is 17.8 Å². The molecule has 0 saturated heterocycles. The Morgan fingerprint density at radius 1 is 1.14 bits per heavy atom. The summed E-state index contributed by atoms with van der Waals surface area (Å²) < 4.78 is 0. The van der Waals surface area contributed by atoms with Crippen molar-refractivity contribution in [3.05, 3.63) is 0 Å². The molecule has 1 atom stereocenters. The number of hydrogen-bond acceptors (Lipinski definition) is 0. The quantitative estimate of drug-likeness (QED) is 0.593. The van der Waals surface area contributed by atoms with Crippen molar-refractivity contribution < 1.29 is 0 Å². The van der Waals surface area contributed by atoms with Crippen LogP contribution in [0.25, 0.3) is 0 Å². The van der Waals surface area contributed by atoms with E-state index < -0.39 is 0 Å². The van der Waals surface area contributed by atoms with Gasteiger partial charge in [-0.3, -0.25) is 0 Å². The molecule has 14 heavy (non-hydrogen) atoms. The van der Waals surface area contributed by atoms with E-state index in [2.05, 4.69) is 51.4 Å². The Morgan fingerprint density at radius 3 is 2.21 bits per heavy atom. The van der Waals surface area contributed by atoms with E-state index in [-0.39, 0.29) is 0 Å². The number of hydrogen-bond donors (Lipinski definition) is 0. The van der Waals surface area contributed by atoms with Crippen LogP contribution in [-0.4, -0.2) is 0 Å². The first-order valence-corrected chi connectivity index (χ1v) is 5.46. The fourth-order valence-electron chi connectivity index (χ4n) is 1.40. The van der Waals surface area contributed by atoms with Gasteiger partial charge in [-0.15, -0.1) is 5.92 Å². The van der Waals surface area contributed by atoms with Gasteiger partial charge in [-0.1, -0.05) is 45.5 Å². The molecule has 0 heteroatoms. The van der Waals surface area contributed by atoms with Gasteiger partial charge in [-0.25, -0.2) is 0 Å². The Kier molecular flexibility index (Phi) is 6.14. The lowest BCUT2D eigenvalue weighted by Crippen LogP contribution is -2.21. The summed E-state index contributed by atoms with van der Waals surface area (Å²) in [7, 11) is 0. The Labute approximate surface area is 89.5 Å². The lowest BCUT2D eigenvalue weighted by molar-refractivity contribution is 0.251. The van der Waals surface area contributed by atoms with Crippen molar-refractivity contribution in [2.24, 2.45) is 11.3 Å². The van der Waals surface area contributed by atoms with Gasteiger partial charge in [0.2, 0.25) is 0 Å². The molecule has 78 valence electrons. The zero-order chi connectivity index (χ0) is 11.0. The molecule has 0 N–H and O–H groups in total. The fraction of sp³-hybridized carbons (Fsp3) is 0.714. The van der Waals surface area contributed by atoms with Gasteiger partial charge in [0.1, 0.15) is 0 Å². The van der Waals surface area contributed by atoms with Crippen molar-refractivity contribution in [1.29, 1.82) is 0 Å². The highest BCUT2D eigenvalue weighted by Gasteiger charge is 2.24. The summed E-state index contributed by atoms with van der Waals surface area (Å²) in [6, 6.07) is 0. The first-order chi connectivity index (χ1) is 6.58. The number of rotatable bonds is 3. The normalized spacial score (nSPS) is 12.1. The summed E-state index contributed by atoms with van der Waals surface area (Å²) in [6.45, 7) is 10.9. The van der Waals surface area contributed by atoms with Crippen molar-refractivity contribution in [2.45, 2.75) is 53.9 Å². The van der Waals surface area contributed by atoms with Crippen molar-refractivity contribution >= 4 is 0 Å². The van der Waals surface area contributed by atoms with Crippen molar-refractivity contribution in [2.75, 3.05) is 0 Å². The van der Waals surface area contributed by atoms with Crippen LogP contribution in [0.4, 0.5) is 0 Å². The summed E-state index contributed by atoms with van der Waals surface area (Å²) in [5.41, 5.74) is 0.335. The average Bonchev–Trinajstić information content (AvgIpc) is 2.17. The smallest absolute Gasteiger partial charge is 0.0702 e. The summed E-state index contributed by atoms with van der Waals surface area (Å²) in [5.74, 6) is 12.8. The molecular formula is C14H22. The van der Waals surface area contributed by atoms with Crippen LogP contribution in [0.15, 0.2) is 0 Å². The minimum Gasteiger partial charge on any atom is -0.106 e. The highest BCUT2D eigenvalue weighted by Crippen LogP contribution is 2.32. The molecule has 0 aromatic heterocycles. The van der Waals surface area contributed by atoms with E-state index in [4.69, 9.17) is 0 Å². The van der Waals surface area contributed by atoms with Gasteiger partial charge in [0.05, 0.1) is 6.42 Å². The Hall–Kier alpha value is -0.880. The fourth-order valence-corrected chi connectivity index (χ4v) is 1.40. The summed E-state index contributed by atoms with van der Waals surface area (Å²) in [5, 5.41) is 0. The topological polar surface area (TPSA) is 0 Å². The first-order valence-electron chi connectivity index (χ1n) is 5.46. The molecule has 0 bridgehead atoms. The zero-order valence-electron chi connectivity index (χ0n) is 10.2. The minimum atomic E-state index is 0.335. The molecule has 1 unspecified atom stereocenters. The van der Waals surface area contributed by atoms with Crippen molar-refractivity contribution in [3.8, 4) is 23.7 Å². The summed E-state index contributed by atoms with van der Waals surface area (Å²) >= 11 is 0. The maximum Gasteiger partial charge on any atom is 0.0702 e. The third-order valence-electron chi connectivity index (χ3n) is 2.89. The molecule has 0 aliphatic rings. The van der Waals surface area contributed by atoms with Crippen LogP contribution in [0.5, 0.6) is 0 Å². The van der Waals surface area contributed by atoms with Crippen LogP contribution < -0.4 is 0 Å². The van der Waals surface area contributed by atoms with Crippen LogP contribution >= 0.6 is 0 Å². The van der Waals surface area contributed by atoms with Gasteiger partial charge >= 0.3 is 0 Å². The average molecular weight is 190 g/mol. The second-order valence-corrected chi connectivity index (χ2v) is 4.23. The second-order valence-electron chi connectivity index (χ2n) is 4.23. The predicted molar refractivity (Wildman–Crippen MR) is 63.7 cm³/mol. The Bertz CT molecular complexity index is 262. The summed E-state index contributed by atoms with van der Waals surface area (Å²) in [6.07, 6.45) is 3.03. The van der Waals surface area contributed by atoms with Gasteiger partial charge < -0.3 is 0 Å². The molecule has 0 amide bonds. The van der Waals surface area contributed by atoms with E-state index in [1.54, 1.807) is 0 Å². The molecule has 0 heterocycles. The molecule has 0 radical (unpaired) electrons. The third kappa shape index (κ3) is 4.38. The van der Waals surface area contributed by atoms with Crippen LogP contribution in [-0.2, 0) is 0 Å². The molecule has 0 nitrogen and oxygen atoms in total. The molecule has 0 aliphatic carbocycles. The highest BCUT2D eigenvalue weighted by atomic mass is 14.3. The van der Waals surface area contributed by atoms with Gasteiger partial charge in [-0.05, 0) is 25.2 Å². The first kappa shape index (κ1) is 13.1. The monoisotopic (exact) mass is 190 g/mol. The lowest BCUT2D eigenvalue weighted by atomic mass is 9.76. The van der Waals surface area contributed by atoms with Crippen molar-refractivity contribution in [1.82, 2.24) is 0 Å². The molecule has 0 aromatic carbocycles. The van der Waals surface area contributed by atoms with E-state index in [0.717, 1.165) is 6.42 Å². The van der Waals surface area contributed by atoms with Crippen molar-refractivity contribution in [3.63, 3.8) is 0 Å². The second kappa shape index (κ2) is 6.56. The lowest BCUT2D eigenvalue weighted by Gasteiger charge is -2.28. The van der Waals surface area contributed by atoms with Crippen LogP contribution in [0.2, 0.25) is 0 Å². The predicted octanol–water partition coefficient (Wildman–Crippen LogP) is 3.87. The molecule has 0 aliphatic heterocycles. The molecule has 0 rings (SSSR count). The standard InChI is InChI=1S/C14H22/c1-6-9-10-11-12-13(7-2)14(4,5)8-3/h13H,7-8,10H2,1-5H3. The highest BCUT2D eigenvalue weighted by molar-refractivity contribution is 5.13. The van der Waals surface area contributed by atoms with Gasteiger partial charge in [-0.2, -0.15) is 0 Å². The maximum atomic E-state index is 3.34. The third-order valence-corrected chi connectivity index (χ3v) is 2.89. The summed E-state index contributed by atoms with van der Waals surface area (Å²) in [4.78, 5) is 0. The van der Waals surface area contributed by atoms with E-state index in [1.807, 2.05) is 6.92 Å². The van der Waals surface area contributed by atoms with E-state index >= 15 is 0 Å². The zero-order valence-corrected chi connectivity index (χ0v) is 10.2. The van der Waals surface area contributed by atoms with Crippen LogP contribution in [0, 0.1) is 35.0 Å². The van der Waals surface area contributed by atoms with E-state index in [1.165, 1.54) is 6.42 Å². The molecule has 0 saturated carbocycles. The van der Waals surface area contributed by atoms with Gasteiger partial charge in [0.15, 0.2) is 0 Å². The SMILES string of the molecule is CC#CCC#CC(CC)C(C)(C)CC. The van der Waals surface area contributed by atoms with Crippen LogP contribution in [0.1, 0.15) is 53.9 Å². The molecule has 0 spiro atoms. The van der Waals surface area contributed by atoms with Gasteiger partial charge in [0.25, 0.3) is 0 Å². The molecule has 0 aromatic rings. The van der Waals surface area contributed by atoms with Gasteiger partial charge in [0, 0.05) is 5.92 Å². The maximum absolute atomic E-state index is 3.34. The van der Waals surface area contributed by atoms with E-state index in [9.17, 15) is 0 Å². The largest absolute Gasteiger partial charge is 0.106 e. The Balaban J connectivity index is 4.37. The Morgan fingerprint density at radius 2 is 1.79 bits per heavy atom.